The normalized spacial score (nSPS) is 10.7. The summed E-state index contributed by atoms with van der Waals surface area (Å²) in [5, 5.41) is 6.12. The predicted molar refractivity (Wildman–Crippen MR) is 125 cm³/mol. The van der Waals surface area contributed by atoms with E-state index < -0.39 is 0 Å². The topological polar surface area (TPSA) is 108 Å². The third-order valence-corrected chi connectivity index (χ3v) is 4.93. The second-order valence-electron chi connectivity index (χ2n) is 7.38. The van der Waals surface area contributed by atoms with E-state index in [-0.39, 0.29) is 18.2 Å². The Morgan fingerprint density at radius 3 is 2.44 bits per heavy atom. The summed E-state index contributed by atoms with van der Waals surface area (Å²) in [6.07, 6.45) is 0. The van der Waals surface area contributed by atoms with Crippen LogP contribution in [0.3, 0.4) is 0 Å². The van der Waals surface area contributed by atoms with Crippen molar-refractivity contribution in [2.45, 2.75) is 13.5 Å². The van der Waals surface area contributed by atoms with Gasteiger partial charge in [-0.2, -0.15) is 0 Å². The van der Waals surface area contributed by atoms with Gasteiger partial charge in [-0.3, -0.25) is 4.79 Å². The molecule has 4 N–H and O–H groups in total. The molecule has 0 saturated heterocycles. The van der Waals surface area contributed by atoms with Crippen LogP contribution in [0.5, 0.6) is 11.5 Å². The maximum atomic E-state index is 12.2. The fourth-order valence-corrected chi connectivity index (χ4v) is 3.27. The maximum Gasteiger partial charge on any atom is 0.323 e. The van der Waals surface area contributed by atoms with Gasteiger partial charge in [-0.15, -0.1) is 0 Å². The minimum atomic E-state index is -0.250. The Balaban J connectivity index is 1.35. The number of H-pyrrole nitrogens is 2. The SMILES string of the molecule is COc1cc(CNc2ccc3[nH]c(=O)[nH]c3c2)ccc1OCC(=O)Nc1ccc(C)cc1. The lowest BCUT2D eigenvalue weighted by Gasteiger charge is -2.13. The van der Waals surface area contributed by atoms with E-state index in [1.165, 1.54) is 0 Å². The summed E-state index contributed by atoms with van der Waals surface area (Å²) in [7, 11) is 1.56. The van der Waals surface area contributed by atoms with Gasteiger partial charge < -0.3 is 30.1 Å². The molecule has 164 valence electrons. The Morgan fingerprint density at radius 2 is 1.66 bits per heavy atom. The van der Waals surface area contributed by atoms with Crippen molar-refractivity contribution in [1.29, 1.82) is 0 Å². The van der Waals surface area contributed by atoms with Crippen molar-refractivity contribution in [2.24, 2.45) is 0 Å². The first-order valence-electron chi connectivity index (χ1n) is 10.1. The van der Waals surface area contributed by atoms with E-state index >= 15 is 0 Å². The summed E-state index contributed by atoms with van der Waals surface area (Å²) >= 11 is 0. The van der Waals surface area contributed by atoms with Crippen LogP contribution in [-0.2, 0) is 11.3 Å². The average molecular weight is 432 g/mol. The number of benzene rings is 3. The lowest BCUT2D eigenvalue weighted by atomic mass is 10.2. The van der Waals surface area contributed by atoms with Gasteiger partial charge in [0.1, 0.15) is 0 Å². The van der Waals surface area contributed by atoms with Gasteiger partial charge in [0.05, 0.1) is 18.1 Å². The second-order valence-corrected chi connectivity index (χ2v) is 7.38. The highest BCUT2D eigenvalue weighted by Crippen LogP contribution is 2.28. The molecule has 3 aromatic carbocycles. The quantitative estimate of drug-likeness (QED) is 0.339. The number of rotatable bonds is 8. The number of hydrogen-bond donors (Lipinski definition) is 4. The number of hydrogen-bond acceptors (Lipinski definition) is 5. The molecule has 0 unspecified atom stereocenters. The summed E-state index contributed by atoms with van der Waals surface area (Å²) < 4.78 is 11.1. The first-order valence-corrected chi connectivity index (χ1v) is 10.1. The van der Waals surface area contributed by atoms with Crippen molar-refractivity contribution in [1.82, 2.24) is 9.97 Å². The number of anilines is 2. The van der Waals surface area contributed by atoms with Gasteiger partial charge in [-0.1, -0.05) is 23.8 Å². The molecule has 0 fully saturated rings. The van der Waals surface area contributed by atoms with Gasteiger partial charge in [0.2, 0.25) is 0 Å². The van der Waals surface area contributed by atoms with Crippen molar-refractivity contribution in [2.75, 3.05) is 24.4 Å². The molecule has 8 heteroatoms. The van der Waals surface area contributed by atoms with Gasteiger partial charge in [0.15, 0.2) is 18.1 Å². The van der Waals surface area contributed by atoms with Crippen molar-refractivity contribution in [3.63, 3.8) is 0 Å². The zero-order valence-corrected chi connectivity index (χ0v) is 17.8. The molecule has 0 aliphatic heterocycles. The molecule has 1 aromatic heterocycles. The molecule has 0 atom stereocenters. The molecule has 0 bridgehead atoms. The summed E-state index contributed by atoms with van der Waals surface area (Å²) in [6.45, 7) is 2.41. The van der Waals surface area contributed by atoms with E-state index in [2.05, 4.69) is 20.6 Å². The Bertz CT molecular complexity index is 1290. The molecular formula is C24H24N4O4. The smallest absolute Gasteiger partial charge is 0.323 e. The number of amides is 1. The number of carbonyl (C=O) groups excluding carboxylic acids is 1. The molecule has 1 heterocycles. The number of imidazole rings is 1. The van der Waals surface area contributed by atoms with Crippen LogP contribution in [0.25, 0.3) is 11.0 Å². The molecular weight excluding hydrogens is 408 g/mol. The number of carbonyl (C=O) groups is 1. The number of aromatic amines is 2. The highest BCUT2D eigenvalue weighted by Gasteiger charge is 2.10. The fraction of sp³-hybridized carbons (Fsp3) is 0.167. The van der Waals surface area contributed by atoms with E-state index in [1.54, 1.807) is 13.2 Å². The number of ether oxygens (including phenoxy) is 2. The van der Waals surface area contributed by atoms with Crippen LogP contribution < -0.4 is 25.8 Å². The van der Waals surface area contributed by atoms with Crippen LogP contribution in [0.4, 0.5) is 11.4 Å². The van der Waals surface area contributed by atoms with Crippen LogP contribution in [0.2, 0.25) is 0 Å². The zero-order chi connectivity index (χ0) is 22.5. The largest absolute Gasteiger partial charge is 0.493 e. The molecule has 0 spiro atoms. The monoisotopic (exact) mass is 432 g/mol. The first-order chi connectivity index (χ1) is 15.5. The van der Waals surface area contributed by atoms with Gasteiger partial charge >= 0.3 is 5.69 Å². The standard InChI is InChI=1S/C24H24N4O4/c1-15-3-6-17(7-4-15)26-23(29)14-32-21-10-5-16(11-22(21)31-2)13-25-18-8-9-19-20(12-18)28-24(30)27-19/h3-12,25H,13-14H2,1-2H3,(H,26,29)(H2,27,28,30). The molecule has 8 nitrogen and oxygen atoms in total. The Labute approximate surface area is 184 Å². The van der Waals surface area contributed by atoms with E-state index in [0.717, 1.165) is 33.5 Å². The number of methoxy groups -OCH3 is 1. The lowest BCUT2D eigenvalue weighted by molar-refractivity contribution is -0.118. The average Bonchev–Trinajstić information content (AvgIpc) is 3.17. The van der Waals surface area contributed by atoms with Crippen LogP contribution in [-0.4, -0.2) is 29.6 Å². The first kappa shape index (κ1) is 21.0. The fourth-order valence-electron chi connectivity index (χ4n) is 3.27. The van der Waals surface area contributed by atoms with E-state index in [1.807, 2.05) is 61.5 Å². The summed E-state index contributed by atoms with van der Waals surface area (Å²) in [5.74, 6) is 0.777. The number of fused-ring (bicyclic) bond motifs is 1. The predicted octanol–water partition coefficient (Wildman–Crippen LogP) is 3.80. The maximum absolute atomic E-state index is 12.2. The van der Waals surface area contributed by atoms with Crippen molar-refractivity contribution in [3.05, 3.63) is 82.3 Å². The molecule has 0 aliphatic rings. The molecule has 0 aliphatic carbocycles. The Hall–Kier alpha value is -4.20. The highest BCUT2D eigenvalue weighted by molar-refractivity contribution is 5.91. The van der Waals surface area contributed by atoms with Crippen molar-refractivity contribution >= 4 is 28.3 Å². The van der Waals surface area contributed by atoms with E-state index in [4.69, 9.17) is 9.47 Å². The lowest BCUT2D eigenvalue weighted by Crippen LogP contribution is -2.20. The Kier molecular flexibility index (Phi) is 6.12. The minimum absolute atomic E-state index is 0.128. The van der Waals surface area contributed by atoms with Crippen molar-refractivity contribution in [3.8, 4) is 11.5 Å². The summed E-state index contributed by atoms with van der Waals surface area (Å²) in [6, 6.07) is 18.7. The van der Waals surface area contributed by atoms with Crippen LogP contribution in [0.1, 0.15) is 11.1 Å². The highest BCUT2D eigenvalue weighted by atomic mass is 16.5. The number of aryl methyl sites for hydroxylation is 1. The van der Waals surface area contributed by atoms with Crippen molar-refractivity contribution < 1.29 is 14.3 Å². The van der Waals surface area contributed by atoms with Crippen LogP contribution in [0, 0.1) is 6.92 Å². The van der Waals surface area contributed by atoms with E-state index in [9.17, 15) is 9.59 Å². The van der Waals surface area contributed by atoms with Gasteiger partial charge in [0, 0.05) is 17.9 Å². The third kappa shape index (κ3) is 5.10. The van der Waals surface area contributed by atoms with Crippen LogP contribution >= 0.6 is 0 Å². The summed E-state index contributed by atoms with van der Waals surface area (Å²) in [4.78, 5) is 29.0. The Morgan fingerprint density at radius 1 is 0.906 bits per heavy atom. The van der Waals surface area contributed by atoms with E-state index in [0.29, 0.717) is 18.0 Å². The summed E-state index contributed by atoms with van der Waals surface area (Å²) in [5.41, 5.74) is 4.96. The van der Waals surface area contributed by atoms with Crippen LogP contribution in [0.15, 0.2) is 65.5 Å². The minimum Gasteiger partial charge on any atom is -0.493 e. The molecule has 1 amide bonds. The number of nitrogens with one attached hydrogen (secondary N) is 4. The molecule has 4 aromatic rings. The zero-order valence-electron chi connectivity index (χ0n) is 17.8. The van der Waals surface area contributed by atoms with Gasteiger partial charge in [0.25, 0.3) is 5.91 Å². The third-order valence-electron chi connectivity index (χ3n) is 4.93. The molecule has 0 saturated carbocycles. The van der Waals surface area contributed by atoms with Gasteiger partial charge in [-0.25, -0.2) is 4.79 Å². The number of aromatic nitrogens is 2. The molecule has 0 radical (unpaired) electrons. The molecule has 4 rings (SSSR count). The second kappa shape index (κ2) is 9.30. The van der Waals surface area contributed by atoms with Gasteiger partial charge in [-0.05, 0) is 55.0 Å². The molecule has 32 heavy (non-hydrogen) atoms.